The zero-order chi connectivity index (χ0) is 22.9. The number of ketones is 2. The van der Waals surface area contributed by atoms with Crippen LogP contribution >= 0.6 is 0 Å². The van der Waals surface area contributed by atoms with Crippen LogP contribution in [0.25, 0.3) is 6.08 Å². The molecule has 0 bridgehead atoms. The van der Waals surface area contributed by atoms with Gasteiger partial charge >= 0.3 is 5.97 Å². The first-order valence-electron chi connectivity index (χ1n) is 10.1. The average Bonchev–Trinajstić information content (AvgIpc) is 3.01. The fraction of sp³-hybridized carbons (Fsp3) is 0.333. The fourth-order valence-corrected chi connectivity index (χ4v) is 4.10. The van der Waals surface area contributed by atoms with Gasteiger partial charge in [0.15, 0.2) is 11.9 Å². The number of Topliss-reactive ketones (excluding diaryl/α,β-unsaturated/α-hetero) is 2. The van der Waals surface area contributed by atoms with E-state index in [4.69, 9.17) is 4.74 Å². The summed E-state index contributed by atoms with van der Waals surface area (Å²) < 4.78 is 5.42. The van der Waals surface area contributed by atoms with Gasteiger partial charge in [0.2, 0.25) is 11.7 Å². The number of aromatic nitrogens is 1. The summed E-state index contributed by atoms with van der Waals surface area (Å²) in [6.07, 6.45) is 2.36. The lowest BCUT2D eigenvalue weighted by molar-refractivity contribution is -0.148. The van der Waals surface area contributed by atoms with Crippen LogP contribution in [-0.4, -0.2) is 39.4 Å². The van der Waals surface area contributed by atoms with Gasteiger partial charge in [0, 0.05) is 24.4 Å². The number of carbonyl (C=O) groups excluding carboxylic acids is 4. The fourth-order valence-electron chi connectivity index (χ4n) is 4.10. The smallest absolute Gasteiger partial charge is 0.308 e. The predicted molar refractivity (Wildman–Crippen MR) is 116 cm³/mol. The molecule has 1 aromatic carbocycles. The number of hydrogen-bond acceptors (Lipinski definition) is 5. The average molecular weight is 422 g/mol. The number of benzene rings is 1. The standard InChI is InChI=1S/C24H26N2O5/c1-13-22(15(3)27)14(2)25-23(13)24(30)16(4)31-21(29)12-20-19-9-7-6-8-18(19)10-11-26(20)17(5)28/h6-11,16,20,25H,12H2,1-5H3/t16-,20-/m1/s1. The van der Waals surface area contributed by atoms with Crippen LogP contribution in [0.5, 0.6) is 0 Å². The molecule has 2 aromatic rings. The SMILES string of the molecule is CC(=O)c1c(C)[nH]c(C(=O)[C@@H](C)OC(=O)C[C@@H]2c3ccccc3C=CN2C(C)=O)c1C. The van der Waals surface area contributed by atoms with E-state index in [-0.39, 0.29) is 23.8 Å². The summed E-state index contributed by atoms with van der Waals surface area (Å²) in [5, 5.41) is 0. The number of aromatic amines is 1. The molecule has 0 fully saturated rings. The van der Waals surface area contributed by atoms with E-state index in [2.05, 4.69) is 4.98 Å². The highest BCUT2D eigenvalue weighted by Gasteiger charge is 2.31. The van der Waals surface area contributed by atoms with Crippen molar-refractivity contribution in [3.05, 3.63) is 64.1 Å². The van der Waals surface area contributed by atoms with Crippen molar-refractivity contribution in [3.63, 3.8) is 0 Å². The van der Waals surface area contributed by atoms with E-state index in [0.717, 1.165) is 11.1 Å². The van der Waals surface area contributed by atoms with E-state index in [1.165, 1.54) is 25.7 Å². The second-order valence-electron chi connectivity index (χ2n) is 7.77. The molecular weight excluding hydrogens is 396 g/mol. The van der Waals surface area contributed by atoms with Crippen LogP contribution in [0.1, 0.15) is 76.5 Å². The van der Waals surface area contributed by atoms with Gasteiger partial charge in [-0.3, -0.25) is 19.2 Å². The summed E-state index contributed by atoms with van der Waals surface area (Å²) in [5.41, 5.74) is 3.67. The van der Waals surface area contributed by atoms with Gasteiger partial charge in [-0.1, -0.05) is 24.3 Å². The maximum Gasteiger partial charge on any atom is 0.308 e. The Balaban J connectivity index is 1.76. The van der Waals surface area contributed by atoms with Crippen molar-refractivity contribution < 1.29 is 23.9 Å². The van der Waals surface area contributed by atoms with Gasteiger partial charge in [0.25, 0.3) is 0 Å². The third-order valence-electron chi connectivity index (χ3n) is 5.54. The van der Waals surface area contributed by atoms with E-state index in [1.54, 1.807) is 20.0 Å². The molecule has 0 radical (unpaired) electrons. The summed E-state index contributed by atoms with van der Waals surface area (Å²) in [6, 6.07) is 7.02. The quantitative estimate of drug-likeness (QED) is 0.562. The molecule has 0 saturated carbocycles. The summed E-state index contributed by atoms with van der Waals surface area (Å²) in [5.74, 6) is -1.33. The van der Waals surface area contributed by atoms with Gasteiger partial charge in [-0.2, -0.15) is 0 Å². The molecule has 1 aromatic heterocycles. The number of amides is 1. The Kier molecular flexibility index (Phi) is 6.24. The molecule has 0 unspecified atom stereocenters. The third kappa shape index (κ3) is 4.35. The molecule has 162 valence electrons. The highest BCUT2D eigenvalue weighted by atomic mass is 16.5. The highest BCUT2D eigenvalue weighted by Crippen LogP contribution is 2.33. The number of aryl methyl sites for hydroxylation is 1. The van der Waals surface area contributed by atoms with Crippen LogP contribution in [0.2, 0.25) is 0 Å². The summed E-state index contributed by atoms with van der Waals surface area (Å²) in [6.45, 7) is 7.80. The minimum Gasteiger partial charge on any atom is -0.454 e. The number of ether oxygens (including phenoxy) is 1. The van der Waals surface area contributed by atoms with Crippen LogP contribution in [0.15, 0.2) is 30.5 Å². The Labute approximate surface area is 181 Å². The van der Waals surface area contributed by atoms with E-state index in [0.29, 0.717) is 16.8 Å². The molecule has 0 aliphatic carbocycles. The minimum absolute atomic E-state index is 0.0833. The number of esters is 1. The second kappa shape index (κ2) is 8.71. The lowest BCUT2D eigenvalue weighted by Gasteiger charge is -2.32. The molecule has 2 atom stereocenters. The van der Waals surface area contributed by atoms with Crippen LogP contribution in [-0.2, 0) is 14.3 Å². The van der Waals surface area contributed by atoms with E-state index in [9.17, 15) is 19.2 Å². The normalized spacial score (nSPS) is 15.9. The topological polar surface area (TPSA) is 96.5 Å². The first-order valence-corrected chi connectivity index (χ1v) is 10.1. The largest absolute Gasteiger partial charge is 0.454 e. The molecular formula is C24H26N2O5. The Bertz CT molecular complexity index is 1100. The zero-order valence-electron chi connectivity index (χ0n) is 18.3. The van der Waals surface area contributed by atoms with Crippen molar-refractivity contribution in [2.45, 2.75) is 53.2 Å². The van der Waals surface area contributed by atoms with Crippen molar-refractivity contribution in [2.75, 3.05) is 0 Å². The predicted octanol–water partition coefficient (Wildman–Crippen LogP) is 3.91. The van der Waals surface area contributed by atoms with Gasteiger partial charge in [-0.25, -0.2) is 0 Å². The monoisotopic (exact) mass is 422 g/mol. The lowest BCUT2D eigenvalue weighted by atomic mass is 9.94. The van der Waals surface area contributed by atoms with Crippen molar-refractivity contribution in [1.82, 2.24) is 9.88 Å². The number of fused-ring (bicyclic) bond motifs is 1. The van der Waals surface area contributed by atoms with Gasteiger partial charge in [-0.05, 0) is 50.5 Å². The number of rotatable bonds is 6. The van der Waals surface area contributed by atoms with Crippen molar-refractivity contribution in [1.29, 1.82) is 0 Å². The molecule has 7 nitrogen and oxygen atoms in total. The Morgan fingerprint density at radius 1 is 1.13 bits per heavy atom. The van der Waals surface area contributed by atoms with E-state index >= 15 is 0 Å². The molecule has 7 heteroatoms. The van der Waals surface area contributed by atoms with E-state index < -0.39 is 23.9 Å². The van der Waals surface area contributed by atoms with Gasteiger partial charge in [0.05, 0.1) is 18.2 Å². The van der Waals surface area contributed by atoms with Crippen LogP contribution < -0.4 is 0 Å². The molecule has 2 heterocycles. The van der Waals surface area contributed by atoms with Crippen molar-refractivity contribution in [3.8, 4) is 0 Å². The molecule has 3 rings (SSSR count). The zero-order valence-corrected chi connectivity index (χ0v) is 18.3. The lowest BCUT2D eigenvalue weighted by Crippen LogP contribution is -2.34. The first kappa shape index (κ1) is 22.2. The number of H-pyrrole nitrogens is 1. The minimum atomic E-state index is -1.04. The first-order chi connectivity index (χ1) is 14.6. The summed E-state index contributed by atoms with van der Waals surface area (Å²) >= 11 is 0. The van der Waals surface area contributed by atoms with Crippen LogP contribution in [0.4, 0.5) is 0 Å². The van der Waals surface area contributed by atoms with Crippen molar-refractivity contribution in [2.24, 2.45) is 0 Å². The molecule has 1 N–H and O–H groups in total. The molecule has 31 heavy (non-hydrogen) atoms. The second-order valence-corrected chi connectivity index (χ2v) is 7.77. The van der Waals surface area contributed by atoms with Gasteiger partial charge in [-0.15, -0.1) is 0 Å². The highest BCUT2D eigenvalue weighted by molar-refractivity contribution is 6.05. The third-order valence-corrected chi connectivity index (χ3v) is 5.54. The molecule has 1 amide bonds. The number of hydrogen-bond donors (Lipinski definition) is 1. The maximum absolute atomic E-state index is 12.9. The summed E-state index contributed by atoms with van der Waals surface area (Å²) in [7, 11) is 0. The number of nitrogens with one attached hydrogen (secondary N) is 1. The van der Waals surface area contributed by atoms with E-state index in [1.807, 2.05) is 30.3 Å². The Morgan fingerprint density at radius 3 is 2.42 bits per heavy atom. The summed E-state index contributed by atoms with van der Waals surface area (Å²) in [4.78, 5) is 53.9. The molecule has 0 spiro atoms. The van der Waals surface area contributed by atoms with Crippen LogP contribution in [0, 0.1) is 13.8 Å². The van der Waals surface area contributed by atoms with Crippen LogP contribution in [0.3, 0.4) is 0 Å². The number of carbonyl (C=O) groups is 4. The Hall–Kier alpha value is -3.48. The molecule has 0 saturated heterocycles. The Morgan fingerprint density at radius 2 is 1.81 bits per heavy atom. The number of nitrogens with zero attached hydrogens (tertiary/aromatic N) is 1. The van der Waals surface area contributed by atoms with Gasteiger partial charge < -0.3 is 14.6 Å². The molecule has 1 aliphatic rings. The maximum atomic E-state index is 12.9. The molecule has 1 aliphatic heterocycles. The van der Waals surface area contributed by atoms with Crippen molar-refractivity contribution >= 4 is 29.5 Å². The van der Waals surface area contributed by atoms with Gasteiger partial charge in [0.1, 0.15) is 0 Å².